The fraction of sp³-hybridized carbons (Fsp3) is 1.00. The first kappa shape index (κ1) is 14.2. The lowest BCUT2D eigenvalue weighted by molar-refractivity contribution is 0.212. The molecule has 0 amide bonds. The van der Waals surface area contributed by atoms with Crippen molar-refractivity contribution in [3.8, 4) is 0 Å². The molecule has 0 spiro atoms. The lowest BCUT2D eigenvalue weighted by Crippen LogP contribution is -2.49. The van der Waals surface area contributed by atoms with Gasteiger partial charge in [0.25, 0.3) is 0 Å². The Morgan fingerprint density at radius 3 is 2.56 bits per heavy atom. The first-order chi connectivity index (χ1) is 7.37. The van der Waals surface area contributed by atoms with Crippen LogP contribution in [0.1, 0.15) is 53.9 Å². The van der Waals surface area contributed by atoms with Gasteiger partial charge in [-0.1, -0.05) is 34.6 Å². The zero-order chi connectivity index (χ0) is 12.3. The van der Waals surface area contributed by atoms with Gasteiger partial charge in [-0.3, -0.25) is 4.21 Å². The van der Waals surface area contributed by atoms with Gasteiger partial charge in [0.05, 0.1) is 5.25 Å². The van der Waals surface area contributed by atoms with Crippen molar-refractivity contribution in [1.82, 2.24) is 5.32 Å². The van der Waals surface area contributed by atoms with Gasteiger partial charge >= 0.3 is 0 Å². The smallest absolute Gasteiger partial charge is 0.0508 e. The number of hydrogen-bond donors (Lipinski definition) is 1. The molecule has 3 atom stereocenters. The van der Waals surface area contributed by atoms with Gasteiger partial charge in [0.2, 0.25) is 0 Å². The highest BCUT2D eigenvalue weighted by Gasteiger charge is 2.38. The van der Waals surface area contributed by atoms with Crippen LogP contribution in [0, 0.1) is 5.41 Å². The molecule has 0 saturated heterocycles. The molecule has 1 N–H and O–H groups in total. The lowest BCUT2D eigenvalue weighted by atomic mass is 9.75. The van der Waals surface area contributed by atoms with Crippen LogP contribution in [0.25, 0.3) is 0 Å². The van der Waals surface area contributed by atoms with Crippen molar-refractivity contribution in [3.05, 3.63) is 0 Å². The van der Waals surface area contributed by atoms with E-state index >= 15 is 0 Å². The van der Waals surface area contributed by atoms with Crippen LogP contribution in [0.3, 0.4) is 0 Å². The van der Waals surface area contributed by atoms with E-state index in [4.69, 9.17) is 0 Å². The molecule has 0 aromatic heterocycles. The topological polar surface area (TPSA) is 29.1 Å². The zero-order valence-electron chi connectivity index (χ0n) is 11.4. The van der Waals surface area contributed by atoms with Crippen LogP contribution in [0.5, 0.6) is 0 Å². The molecular formula is C13H27NOS. The normalized spacial score (nSPS) is 31.6. The molecule has 1 fully saturated rings. The minimum Gasteiger partial charge on any atom is -0.313 e. The summed E-state index contributed by atoms with van der Waals surface area (Å²) in [6, 6.07) is 0.459. The summed E-state index contributed by atoms with van der Waals surface area (Å²) in [7, 11) is -0.699. The fourth-order valence-electron chi connectivity index (χ4n) is 2.61. The maximum absolute atomic E-state index is 12.3. The summed E-state index contributed by atoms with van der Waals surface area (Å²) in [6.07, 6.45) is 3.51. The summed E-state index contributed by atoms with van der Waals surface area (Å²) in [5, 5.41) is 4.13. The Morgan fingerprint density at radius 2 is 2.06 bits per heavy atom. The van der Waals surface area contributed by atoms with Gasteiger partial charge in [-0.05, 0) is 31.2 Å². The van der Waals surface area contributed by atoms with Gasteiger partial charge in [0.1, 0.15) is 0 Å². The Labute approximate surface area is 103 Å². The van der Waals surface area contributed by atoms with E-state index in [0.29, 0.717) is 16.7 Å². The van der Waals surface area contributed by atoms with Crippen molar-refractivity contribution < 1.29 is 4.21 Å². The number of hydrogen-bond acceptors (Lipinski definition) is 2. The summed E-state index contributed by atoms with van der Waals surface area (Å²) in [4.78, 5) is 0. The Balaban J connectivity index is 2.75. The van der Waals surface area contributed by atoms with Crippen LogP contribution in [0.15, 0.2) is 0 Å². The Bertz CT molecular complexity index is 250. The molecule has 3 heteroatoms. The SMILES string of the molecule is CCNC1CCC(C)(C)CC1S(=O)C(C)C. The van der Waals surface area contributed by atoms with E-state index < -0.39 is 10.8 Å². The molecule has 1 aliphatic rings. The third-order valence-corrected chi connectivity index (χ3v) is 5.59. The molecule has 0 heterocycles. The molecule has 0 aliphatic heterocycles. The molecule has 0 bridgehead atoms. The second-order valence-electron chi connectivity index (χ2n) is 5.99. The van der Waals surface area contributed by atoms with Crippen molar-refractivity contribution in [2.24, 2.45) is 5.41 Å². The molecule has 0 aromatic carbocycles. The zero-order valence-corrected chi connectivity index (χ0v) is 12.2. The highest BCUT2D eigenvalue weighted by atomic mass is 32.2. The van der Waals surface area contributed by atoms with E-state index in [1.54, 1.807) is 0 Å². The van der Waals surface area contributed by atoms with Gasteiger partial charge in [-0.15, -0.1) is 0 Å². The van der Waals surface area contributed by atoms with Gasteiger partial charge in [-0.25, -0.2) is 0 Å². The van der Waals surface area contributed by atoms with Crippen molar-refractivity contribution >= 4 is 10.8 Å². The van der Waals surface area contributed by atoms with E-state index in [0.717, 1.165) is 13.0 Å². The lowest BCUT2D eigenvalue weighted by Gasteiger charge is -2.41. The van der Waals surface area contributed by atoms with E-state index in [-0.39, 0.29) is 5.25 Å². The van der Waals surface area contributed by atoms with Gasteiger partial charge in [0.15, 0.2) is 0 Å². The van der Waals surface area contributed by atoms with Crippen molar-refractivity contribution in [3.63, 3.8) is 0 Å². The summed E-state index contributed by atoms with van der Waals surface area (Å²) in [5.74, 6) is 0. The summed E-state index contributed by atoms with van der Waals surface area (Å²) in [5.41, 5.74) is 0.362. The average molecular weight is 245 g/mol. The van der Waals surface area contributed by atoms with Crippen LogP contribution in [-0.2, 0) is 10.8 Å². The standard InChI is InChI=1S/C13H27NOS/c1-6-14-11-7-8-13(4,5)9-12(11)16(15)10(2)3/h10-12,14H,6-9H2,1-5H3. The van der Waals surface area contributed by atoms with Crippen LogP contribution >= 0.6 is 0 Å². The molecule has 96 valence electrons. The largest absolute Gasteiger partial charge is 0.313 e. The molecule has 16 heavy (non-hydrogen) atoms. The number of rotatable bonds is 4. The second kappa shape index (κ2) is 5.63. The Kier molecular flexibility index (Phi) is 4.99. The predicted octanol–water partition coefficient (Wildman–Crippen LogP) is 2.70. The maximum Gasteiger partial charge on any atom is 0.0508 e. The highest BCUT2D eigenvalue weighted by molar-refractivity contribution is 7.86. The van der Waals surface area contributed by atoms with Crippen molar-refractivity contribution in [2.45, 2.75) is 70.4 Å². The summed E-state index contributed by atoms with van der Waals surface area (Å²) in [6.45, 7) is 11.9. The van der Waals surface area contributed by atoms with Crippen LogP contribution < -0.4 is 5.32 Å². The maximum atomic E-state index is 12.3. The fourth-order valence-corrected chi connectivity index (χ4v) is 4.48. The first-order valence-electron chi connectivity index (χ1n) is 6.50. The molecular weight excluding hydrogens is 218 g/mol. The first-order valence-corrected chi connectivity index (χ1v) is 7.78. The van der Waals surface area contributed by atoms with Gasteiger partial charge in [-0.2, -0.15) is 0 Å². The van der Waals surface area contributed by atoms with Crippen LogP contribution in [0.4, 0.5) is 0 Å². The van der Waals surface area contributed by atoms with Crippen LogP contribution in [-0.4, -0.2) is 27.3 Å². The second-order valence-corrected chi connectivity index (χ2v) is 8.19. The average Bonchev–Trinajstić information content (AvgIpc) is 2.19. The number of nitrogens with one attached hydrogen (secondary N) is 1. The third-order valence-electron chi connectivity index (χ3n) is 3.56. The molecule has 1 rings (SSSR count). The minimum atomic E-state index is -0.699. The third kappa shape index (κ3) is 3.56. The van der Waals surface area contributed by atoms with E-state index in [1.807, 2.05) is 0 Å². The van der Waals surface area contributed by atoms with Crippen molar-refractivity contribution in [2.75, 3.05) is 6.54 Å². The molecule has 0 aromatic rings. The van der Waals surface area contributed by atoms with E-state index in [1.165, 1.54) is 12.8 Å². The van der Waals surface area contributed by atoms with Gasteiger partial charge < -0.3 is 5.32 Å². The highest BCUT2D eigenvalue weighted by Crippen LogP contribution is 2.38. The predicted molar refractivity (Wildman–Crippen MR) is 72.2 cm³/mol. The quantitative estimate of drug-likeness (QED) is 0.825. The van der Waals surface area contributed by atoms with Crippen LogP contribution in [0.2, 0.25) is 0 Å². The summed E-state index contributed by atoms with van der Waals surface area (Å²) >= 11 is 0. The van der Waals surface area contributed by atoms with Crippen molar-refractivity contribution in [1.29, 1.82) is 0 Å². The Morgan fingerprint density at radius 1 is 1.44 bits per heavy atom. The van der Waals surface area contributed by atoms with Gasteiger partial charge in [0, 0.05) is 22.1 Å². The molecule has 1 saturated carbocycles. The molecule has 3 unspecified atom stereocenters. The minimum absolute atomic E-state index is 0.278. The van der Waals surface area contributed by atoms with E-state index in [2.05, 4.69) is 39.9 Å². The monoisotopic (exact) mass is 245 g/mol. The molecule has 0 radical (unpaired) electrons. The summed E-state index contributed by atoms with van der Waals surface area (Å²) < 4.78 is 12.3. The molecule has 1 aliphatic carbocycles. The van der Waals surface area contributed by atoms with E-state index in [9.17, 15) is 4.21 Å². The molecule has 2 nitrogen and oxygen atoms in total. The Hall–Kier alpha value is 0.110.